The average molecular weight is 454 g/mol. The van der Waals surface area contributed by atoms with Gasteiger partial charge in [0.05, 0.1) is 26.9 Å². The maximum atomic E-state index is 12.6. The summed E-state index contributed by atoms with van der Waals surface area (Å²) in [4.78, 5) is 38.2. The number of hydrogen-bond acceptors (Lipinski definition) is 7. The molecule has 1 saturated heterocycles. The molecule has 9 nitrogen and oxygen atoms in total. The van der Waals surface area contributed by atoms with Crippen LogP contribution in [-0.4, -0.2) is 79.3 Å². The highest BCUT2D eigenvalue weighted by atomic mass is 32.2. The van der Waals surface area contributed by atoms with Crippen LogP contribution in [0.3, 0.4) is 0 Å². The van der Waals surface area contributed by atoms with Crippen LogP contribution in [0.4, 0.5) is 4.79 Å². The van der Waals surface area contributed by atoms with Gasteiger partial charge in [-0.1, -0.05) is 6.07 Å². The van der Waals surface area contributed by atoms with E-state index >= 15 is 0 Å². The summed E-state index contributed by atoms with van der Waals surface area (Å²) >= 11 is 1.64. The maximum Gasteiger partial charge on any atom is 0.324 e. The number of carbonyl (C=O) groups is 3. The molecule has 1 aromatic rings. The van der Waals surface area contributed by atoms with E-state index in [0.29, 0.717) is 24.3 Å². The summed E-state index contributed by atoms with van der Waals surface area (Å²) in [5.41, 5.74) is 0.904. The topological polar surface area (TPSA) is 117 Å². The number of imide groups is 1. The van der Waals surface area contributed by atoms with E-state index in [-0.39, 0.29) is 43.8 Å². The lowest BCUT2D eigenvalue weighted by molar-refractivity contribution is -0.127. The zero-order chi connectivity index (χ0) is 22.8. The monoisotopic (exact) mass is 453 g/mol. The highest BCUT2D eigenvalue weighted by Crippen LogP contribution is 2.28. The molecule has 2 atom stereocenters. The predicted molar refractivity (Wildman–Crippen MR) is 119 cm³/mol. The lowest BCUT2D eigenvalue weighted by Crippen LogP contribution is -2.39. The number of thioether (sulfide) groups is 1. The molecule has 1 heterocycles. The number of carbonyl (C=O) groups excluding carboxylic acids is 3. The molecule has 0 radical (unpaired) electrons. The molecule has 0 saturated carbocycles. The minimum absolute atomic E-state index is 0.0932. The Morgan fingerprint density at radius 2 is 2.03 bits per heavy atom. The Bertz CT molecular complexity index is 775. The van der Waals surface area contributed by atoms with Crippen molar-refractivity contribution in [3.8, 4) is 11.5 Å². The lowest BCUT2D eigenvalue weighted by atomic mass is 10.1. The molecule has 3 N–H and O–H groups in total. The standard InChI is InChI=1S/C21H31N3O6S/c1-29-17-6-4-14(12-18(17)30-2)8-10-24-20(27)16(23-21(24)28)5-7-19(26)22-15(13-25)9-11-31-3/h4,6,12,15-16,25H,5,7-11,13H2,1-3H3,(H,22,26)(H,23,28)/t15-,16-/m1/s1. The Morgan fingerprint density at radius 1 is 1.29 bits per heavy atom. The largest absolute Gasteiger partial charge is 0.493 e. The fourth-order valence-electron chi connectivity index (χ4n) is 3.31. The van der Waals surface area contributed by atoms with Gasteiger partial charge in [-0.25, -0.2) is 4.79 Å². The van der Waals surface area contributed by atoms with Crippen molar-refractivity contribution in [3.05, 3.63) is 23.8 Å². The number of rotatable bonds is 13. The summed E-state index contributed by atoms with van der Waals surface area (Å²) in [5, 5.41) is 14.8. The number of hydrogen-bond donors (Lipinski definition) is 3. The molecular formula is C21H31N3O6S. The number of methoxy groups -OCH3 is 2. The van der Waals surface area contributed by atoms with Crippen LogP contribution in [0.5, 0.6) is 11.5 Å². The molecule has 1 fully saturated rings. The van der Waals surface area contributed by atoms with Crippen LogP contribution < -0.4 is 20.1 Å². The second-order valence-electron chi connectivity index (χ2n) is 7.20. The number of amides is 4. The van der Waals surface area contributed by atoms with E-state index in [2.05, 4.69) is 10.6 Å². The third kappa shape index (κ3) is 7.03. The molecule has 2 rings (SSSR count). The van der Waals surface area contributed by atoms with E-state index in [1.807, 2.05) is 18.4 Å². The molecule has 1 aliphatic heterocycles. The van der Waals surface area contributed by atoms with E-state index in [9.17, 15) is 19.5 Å². The quantitative estimate of drug-likeness (QED) is 0.384. The minimum Gasteiger partial charge on any atom is -0.493 e. The molecule has 0 unspecified atom stereocenters. The predicted octanol–water partition coefficient (Wildman–Crippen LogP) is 1.18. The molecule has 0 aliphatic carbocycles. The maximum absolute atomic E-state index is 12.6. The Morgan fingerprint density at radius 3 is 2.68 bits per heavy atom. The van der Waals surface area contributed by atoms with E-state index in [0.717, 1.165) is 11.3 Å². The van der Waals surface area contributed by atoms with Crippen LogP contribution in [0.2, 0.25) is 0 Å². The van der Waals surface area contributed by atoms with Crippen molar-refractivity contribution in [2.24, 2.45) is 0 Å². The summed E-state index contributed by atoms with van der Waals surface area (Å²) in [6.07, 6.45) is 3.41. The third-order valence-electron chi connectivity index (χ3n) is 5.10. The number of nitrogens with one attached hydrogen (secondary N) is 2. The lowest BCUT2D eigenvalue weighted by Gasteiger charge is -2.16. The first kappa shape index (κ1) is 24.8. The van der Waals surface area contributed by atoms with E-state index < -0.39 is 12.1 Å². The summed E-state index contributed by atoms with van der Waals surface area (Å²) in [7, 11) is 3.10. The Labute approximate surface area is 186 Å². The molecule has 172 valence electrons. The Kier molecular flexibility index (Phi) is 9.93. The van der Waals surface area contributed by atoms with Crippen LogP contribution in [-0.2, 0) is 16.0 Å². The summed E-state index contributed by atoms with van der Waals surface area (Å²) < 4.78 is 10.5. The van der Waals surface area contributed by atoms with Gasteiger partial charge in [0.2, 0.25) is 5.91 Å². The number of urea groups is 1. The third-order valence-corrected chi connectivity index (χ3v) is 5.74. The van der Waals surface area contributed by atoms with Gasteiger partial charge in [0.1, 0.15) is 6.04 Å². The fourth-order valence-corrected chi connectivity index (χ4v) is 3.83. The van der Waals surface area contributed by atoms with Gasteiger partial charge in [0, 0.05) is 13.0 Å². The van der Waals surface area contributed by atoms with Crippen molar-refractivity contribution in [2.75, 3.05) is 39.4 Å². The van der Waals surface area contributed by atoms with E-state index in [4.69, 9.17) is 9.47 Å². The second-order valence-corrected chi connectivity index (χ2v) is 8.18. The highest BCUT2D eigenvalue weighted by Gasteiger charge is 2.37. The van der Waals surface area contributed by atoms with Gasteiger partial charge in [0.25, 0.3) is 5.91 Å². The van der Waals surface area contributed by atoms with Gasteiger partial charge in [-0.05, 0) is 49.0 Å². The Balaban J connectivity index is 1.85. The zero-order valence-electron chi connectivity index (χ0n) is 18.2. The normalized spacial score (nSPS) is 16.8. The number of aliphatic hydroxyl groups is 1. The highest BCUT2D eigenvalue weighted by molar-refractivity contribution is 7.98. The van der Waals surface area contributed by atoms with Crippen molar-refractivity contribution < 1.29 is 29.0 Å². The van der Waals surface area contributed by atoms with Gasteiger partial charge in [-0.3, -0.25) is 14.5 Å². The van der Waals surface area contributed by atoms with E-state index in [1.165, 1.54) is 4.90 Å². The van der Waals surface area contributed by atoms with Gasteiger partial charge < -0.3 is 25.2 Å². The first-order valence-corrected chi connectivity index (χ1v) is 11.5. The van der Waals surface area contributed by atoms with Crippen molar-refractivity contribution in [3.63, 3.8) is 0 Å². The second kappa shape index (κ2) is 12.4. The average Bonchev–Trinajstić information content (AvgIpc) is 3.05. The van der Waals surface area contributed by atoms with Crippen LogP contribution in [0, 0.1) is 0 Å². The number of aliphatic hydroxyl groups excluding tert-OH is 1. The van der Waals surface area contributed by atoms with Crippen LogP contribution >= 0.6 is 11.8 Å². The fraction of sp³-hybridized carbons (Fsp3) is 0.571. The van der Waals surface area contributed by atoms with Crippen LogP contribution in [0.25, 0.3) is 0 Å². The molecule has 0 aromatic heterocycles. The molecule has 1 aliphatic rings. The summed E-state index contributed by atoms with van der Waals surface area (Å²) in [5.74, 6) is 1.44. The first-order chi connectivity index (χ1) is 14.9. The number of nitrogens with zero attached hydrogens (tertiary/aromatic N) is 1. The Hall–Kier alpha value is -2.46. The van der Waals surface area contributed by atoms with Gasteiger partial charge in [0.15, 0.2) is 11.5 Å². The molecule has 10 heteroatoms. The van der Waals surface area contributed by atoms with Crippen molar-refractivity contribution in [1.82, 2.24) is 15.5 Å². The molecule has 1 aromatic carbocycles. The zero-order valence-corrected chi connectivity index (χ0v) is 19.0. The molecule has 0 bridgehead atoms. The van der Waals surface area contributed by atoms with Crippen molar-refractivity contribution in [1.29, 1.82) is 0 Å². The van der Waals surface area contributed by atoms with Gasteiger partial charge >= 0.3 is 6.03 Å². The van der Waals surface area contributed by atoms with Crippen molar-refractivity contribution in [2.45, 2.75) is 37.8 Å². The van der Waals surface area contributed by atoms with Crippen LogP contribution in [0.15, 0.2) is 18.2 Å². The smallest absolute Gasteiger partial charge is 0.324 e. The van der Waals surface area contributed by atoms with Gasteiger partial charge in [-0.15, -0.1) is 0 Å². The molecule has 31 heavy (non-hydrogen) atoms. The molecule has 4 amide bonds. The summed E-state index contributed by atoms with van der Waals surface area (Å²) in [6.45, 7) is 0.0967. The van der Waals surface area contributed by atoms with E-state index in [1.54, 1.807) is 32.0 Å². The minimum atomic E-state index is -0.720. The number of ether oxygens (including phenoxy) is 2. The molecular weight excluding hydrogens is 422 g/mol. The van der Waals surface area contributed by atoms with Crippen LogP contribution in [0.1, 0.15) is 24.8 Å². The van der Waals surface area contributed by atoms with Gasteiger partial charge in [-0.2, -0.15) is 11.8 Å². The van der Waals surface area contributed by atoms with Crippen molar-refractivity contribution >= 4 is 29.6 Å². The summed E-state index contributed by atoms with van der Waals surface area (Å²) in [6, 6.07) is 3.97. The molecule has 0 spiro atoms. The SMILES string of the molecule is COc1ccc(CCN2C(=O)N[C@H](CCC(=O)N[C@@H](CO)CCSC)C2=O)cc1OC. The number of benzene rings is 1. The first-order valence-electron chi connectivity index (χ1n) is 10.1.